The van der Waals surface area contributed by atoms with Gasteiger partial charge in [-0.15, -0.1) is 0 Å². The fraction of sp³-hybridized carbons (Fsp3) is 0.500. The lowest BCUT2D eigenvalue weighted by Crippen LogP contribution is -2.00. The third-order valence-corrected chi connectivity index (χ3v) is 3.12. The van der Waals surface area contributed by atoms with E-state index < -0.39 is 0 Å². The molecule has 0 aromatic heterocycles. The molecule has 4 heteroatoms. The summed E-state index contributed by atoms with van der Waals surface area (Å²) in [7, 11) is 0. The van der Waals surface area contributed by atoms with Crippen molar-refractivity contribution in [1.82, 2.24) is 0 Å². The largest absolute Gasteiger partial charge is 0.507 e. The van der Waals surface area contributed by atoms with Gasteiger partial charge in [0.2, 0.25) is 0 Å². The van der Waals surface area contributed by atoms with E-state index in [4.69, 9.17) is 15.3 Å². The third-order valence-electron chi connectivity index (χ3n) is 3.12. The number of ether oxygens (including phenoxy) is 1. The first-order valence-corrected chi connectivity index (χ1v) is 7.03. The minimum absolute atomic E-state index is 0.0204. The Bertz CT molecular complexity index is 512. The van der Waals surface area contributed by atoms with E-state index in [0.717, 1.165) is 12.8 Å². The normalized spacial score (nSPS) is 9.75. The first-order chi connectivity index (χ1) is 9.74. The molecule has 0 unspecified atom stereocenters. The van der Waals surface area contributed by atoms with Crippen LogP contribution >= 0.6 is 0 Å². The molecule has 4 nitrogen and oxygen atoms in total. The SMILES string of the molecule is CCCCCCCCOc1ccc(O)c(C#N)c1C#N. The summed E-state index contributed by atoms with van der Waals surface area (Å²) in [5, 5.41) is 27.5. The van der Waals surface area contributed by atoms with E-state index in [1.807, 2.05) is 12.1 Å². The van der Waals surface area contributed by atoms with Crippen molar-refractivity contribution in [2.45, 2.75) is 45.4 Å². The number of aromatic hydroxyl groups is 1. The van der Waals surface area contributed by atoms with Gasteiger partial charge in [0.05, 0.1) is 6.61 Å². The van der Waals surface area contributed by atoms with Gasteiger partial charge in [-0.2, -0.15) is 10.5 Å². The number of hydrogen-bond acceptors (Lipinski definition) is 4. The highest BCUT2D eigenvalue weighted by Gasteiger charge is 2.13. The van der Waals surface area contributed by atoms with Crippen molar-refractivity contribution in [3.05, 3.63) is 23.3 Å². The maximum absolute atomic E-state index is 9.51. The number of benzene rings is 1. The first kappa shape index (κ1) is 15.9. The molecule has 0 bridgehead atoms. The molecule has 0 spiro atoms. The van der Waals surface area contributed by atoms with Crippen LogP contribution in [-0.2, 0) is 0 Å². The standard InChI is InChI=1S/C16H20N2O2/c1-2-3-4-5-6-7-10-20-16-9-8-15(19)13(11-17)14(16)12-18/h8-9,19H,2-7,10H2,1H3. The molecule has 0 fully saturated rings. The van der Waals surface area contributed by atoms with Gasteiger partial charge in [-0.1, -0.05) is 39.0 Å². The van der Waals surface area contributed by atoms with Crippen LogP contribution in [0.2, 0.25) is 0 Å². The highest BCUT2D eigenvalue weighted by molar-refractivity contribution is 5.59. The van der Waals surface area contributed by atoms with Gasteiger partial charge in [0, 0.05) is 0 Å². The summed E-state index contributed by atoms with van der Waals surface area (Å²) in [6.07, 6.45) is 6.97. The van der Waals surface area contributed by atoms with Crippen LogP contribution in [0, 0.1) is 22.7 Å². The van der Waals surface area contributed by atoms with Crippen LogP contribution < -0.4 is 4.74 Å². The average Bonchev–Trinajstić information content (AvgIpc) is 2.47. The second kappa shape index (κ2) is 8.82. The van der Waals surface area contributed by atoms with Gasteiger partial charge in [0.25, 0.3) is 0 Å². The smallest absolute Gasteiger partial charge is 0.138 e. The topological polar surface area (TPSA) is 77.0 Å². The molecular formula is C16H20N2O2. The quantitative estimate of drug-likeness (QED) is 0.728. The van der Waals surface area contributed by atoms with Crippen LogP contribution in [0.25, 0.3) is 0 Å². The molecule has 1 aromatic carbocycles. The van der Waals surface area contributed by atoms with Crippen molar-refractivity contribution in [1.29, 1.82) is 10.5 Å². The van der Waals surface area contributed by atoms with Crippen LogP contribution in [0.4, 0.5) is 0 Å². The summed E-state index contributed by atoms with van der Waals surface area (Å²) in [6.45, 7) is 2.71. The minimum atomic E-state index is -0.184. The molecule has 0 atom stereocenters. The van der Waals surface area contributed by atoms with Gasteiger partial charge in [-0.05, 0) is 18.6 Å². The van der Waals surface area contributed by atoms with E-state index in [9.17, 15) is 5.11 Å². The summed E-state index contributed by atoms with van der Waals surface area (Å²) in [4.78, 5) is 0. The van der Waals surface area contributed by atoms with Gasteiger partial charge in [-0.3, -0.25) is 0 Å². The number of nitriles is 2. The molecule has 0 aliphatic rings. The van der Waals surface area contributed by atoms with Crippen LogP contribution in [0.3, 0.4) is 0 Å². The molecule has 0 aliphatic heterocycles. The van der Waals surface area contributed by atoms with Crippen molar-refractivity contribution in [2.75, 3.05) is 6.61 Å². The molecule has 0 radical (unpaired) electrons. The Morgan fingerprint density at radius 1 is 1.00 bits per heavy atom. The van der Waals surface area contributed by atoms with Crippen molar-refractivity contribution < 1.29 is 9.84 Å². The molecule has 0 saturated heterocycles. The predicted octanol–water partition coefficient (Wildman–Crippen LogP) is 3.87. The number of unbranched alkanes of at least 4 members (excludes halogenated alkanes) is 5. The zero-order chi connectivity index (χ0) is 14.8. The number of rotatable bonds is 8. The second-order valence-corrected chi connectivity index (χ2v) is 4.67. The molecule has 0 aliphatic carbocycles. The van der Waals surface area contributed by atoms with Crippen LogP contribution in [-0.4, -0.2) is 11.7 Å². The zero-order valence-electron chi connectivity index (χ0n) is 11.9. The van der Waals surface area contributed by atoms with E-state index in [0.29, 0.717) is 12.4 Å². The average molecular weight is 272 g/mol. The monoisotopic (exact) mass is 272 g/mol. The Balaban J connectivity index is 2.49. The molecule has 20 heavy (non-hydrogen) atoms. The maximum Gasteiger partial charge on any atom is 0.138 e. The van der Waals surface area contributed by atoms with Crippen molar-refractivity contribution in [3.8, 4) is 23.6 Å². The highest BCUT2D eigenvalue weighted by Crippen LogP contribution is 2.28. The number of phenols is 1. The number of phenolic OH excluding ortho intramolecular Hbond substituents is 1. The summed E-state index contributed by atoms with van der Waals surface area (Å²) >= 11 is 0. The number of hydrogen-bond donors (Lipinski definition) is 1. The molecule has 0 heterocycles. The summed E-state index contributed by atoms with van der Waals surface area (Å²) < 4.78 is 5.55. The van der Waals surface area contributed by atoms with E-state index >= 15 is 0 Å². The summed E-state index contributed by atoms with van der Waals surface area (Å²) in [5.74, 6) is 0.186. The van der Waals surface area contributed by atoms with Gasteiger partial charge >= 0.3 is 0 Å². The molecule has 106 valence electrons. The van der Waals surface area contributed by atoms with Crippen LogP contribution in [0.15, 0.2) is 12.1 Å². The van der Waals surface area contributed by atoms with Crippen molar-refractivity contribution >= 4 is 0 Å². The summed E-state index contributed by atoms with van der Waals surface area (Å²) in [6, 6.07) is 6.66. The predicted molar refractivity (Wildman–Crippen MR) is 76.4 cm³/mol. The van der Waals surface area contributed by atoms with Gasteiger partial charge in [0.1, 0.15) is 34.8 Å². The molecule has 1 rings (SSSR count). The lowest BCUT2D eigenvalue weighted by molar-refractivity contribution is 0.303. The van der Waals surface area contributed by atoms with E-state index in [1.54, 1.807) is 0 Å². The molecule has 0 saturated carbocycles. The van der Waals surface area contributed by atoms with E-state index in [-0.39, 0.29) is 16.9 Å². The second-order valence-electron chi connectivity index (χ2n) is 4.67. The fourth-order valence-electron chi connectivity index (χ4n) is 1.98. The molecule has 1 N–H and O–H groups in total. The van der Waals surface area contributed by atoms with Gasteiger partial charge < -0.3 is 9.84 Å². The molecule has 0 amide bonds. The van der Waals surface area contributed by atoms with E-state index in [2.05, 4.69) is 6.92 Å². The maximum atomic E-state index is 9.51. The molecular weight excluding hydrogens is 252 g/mol. The van der Waals surface area contributed by atoms with Crippen LogP contribution in [0.5, 0.6) is 11.5 Å². The minimum Gasteiger partial charge on any atom is -0.507 e. The summed E-state index contributed by atoms with van der Waals surface area (Å²) in [5.41, 5.74) is 0.0893. The number of nitrogens with zero attached hydrogens (tertiary/aromatic N) is 2. The Kier molecular flexibility index (Phi) is 7.00. The van der Waals surface area contributed by atoms with Crippen LogP contribution in [0.1, 0.15) is 56.6 Å². The van der Waals surface area contributed by atoms with E-state index in [1.165, 1.54) is 37.8 Å². The van der Waals surface area contributed by atoms with Crippen molar-refractivity contribution in [2.24, 2.45) is 0 Å². The highest BCUT2D eigenvalue weighted by atomic mass is 16.5. The Hall–Kier alpha value is -2.20. The van der Waals surface area contributed by atoms with Gasteiger partial charge in [-0.25, -0.2) is 0 Å². The lowest BCUT2D eigenvalue weighted by Gasteiger charge is -2.09. The molecule has 1 aromatic rings. The van der Waals surface area contributed by atoms with Gasteiger partial charge in [0.15, 0.2) is 0 Å². The first-order valence-electron chi connectivity index (χ1n) is 7.03. The third kappa shape index (κ3) is 4.48. The van der Waals surface area contributed by atoms with Crippen molar-refractivity contribution in [3.63, 3.8) is 0 Å². The Labute approximate surface area is 120 Å². The lowest BCUT2D eigenvalue weighted by atomic mass is 10.1. The Morgan fingerprint density at radius 3 is 2.30 bits per heavy atom. The fourth-order valence-corrected chi connectivity index (χ4v) is 1.98. The zero-order valence-corrected chi connectivity index (χ0v) is 11.9. The Morgan fingerprint density at radius 2 is 1.65 bits per heavy atom.